The molecule has 1 N–H and O–H groups in total. The quantitative estimate of drug-likeness (QED) is 0.631. The van der Waals surface area contributed by atoms with E-state index in [1.54, 1.807) is 0 Å². The van der Waals surface area contributed by atoms with Crippen molar-refractivity contribution in [1.29, 1.82) is 0 Å². The molecule has 2 heteroatoms. The first-order valence-electron chi connectivity index (χ1n) is 4.61. The molecule has 0 saturated heterocycles. The van der Waals surface area contributed by atoms with E-state index in [2.05, 4.69) is 30.4 Å². The molecule has 68 valence electrons. The molecule has 1 aliphatic rings. The summed E-state index contributed by atoms with van der Waals surface area (Å²) in [6.45, 7) is 2.86. The van der Waals surface area contributed by atoms with E-state index in [0.717, 1.165) is 13.0 Å². The number of hydrogen-bond donors (Lipinski definition) is 1. The highest BCUT2D eigenvalue weighted by Crippen LogP contribution is 2.14. The van der Waals surface area contributed by atoms with Crippen LogP contribution in [0.15, 0.2) is 18.2 Å². The fourth-order valence-corrected chi connectivity index (χ4v) is 1.73. The molecular formula is C11H13NO. The van der Waals surface area contributed by atoms with E-state index in [0.29, 0.717) is 6.42 Å². The van der Waals surface area contributed by atoms with Crippen molar-refractivity contribution in [3.05, 3.63) is 34.9 Å². The lowest BCUT2D eigenvalue weighted by Crippen LogP contribution is -2.24. The molecule has 0 radical (unpaired) electrons. The van der Waals surface area contributed by atoms with Gasteiger partial charge in [0.25, 0.3) is 0 Å². The van der Waals surface area contributed by atoms with Gasteiger partial charge in [-0.2, -0.15) is 0 Å². The van der Waals surface area contributed by atoms with Gasteiger partial charge in [-0.05, 0) is 24.5 Å². The van der Waals surface area contributed by atoms with Gasteiger partial charge in [0, 0.05) is 6.54 Å². The molecule has 1 amide bonds. The Kier molecular flexibility index (Phi) is 2.05. The van der Waals surface area contributed by atoms with Crippen LogP contribution in [0.1, 0.15) is 16.7 Å². The molecule has 0 bridgehead atoms. The second-order valence-corrected chi connectivity index (χ2v) is 3.55. The molecule has 2 nitrogen and oxygen atoms in total. The number of carbonyl (C=O) groups excluding carboxylic acids is 1. The molecule has 0 spiro atoms. The zero-order valence-corrected chi connectivity index (χ0v) is 7.76. The predicted molar refractivity (Wildman–Crippen MR) is 51.6 cm³/mol. The fraction of sp³-hybridized carbons (Fsp3) is 0.364. The second kappa shape index (κ2) is 3.21. The minimum atomic E-state index is 0.141. The third-order valence-electron chi connectivity index (χ3n) is 2.43. The SMILES string of the molecule is Cc1ccc2c(c1)CCNC(=O)C2. The first-order valence-corrected chi connectivity index (χ1v) is 4.61. The van der Waals surface area contributed by atoms with Gasteiger partial charge >= 0.3 is 0 Å². The minimum absolute atomic E-state index is 0.141. The molecule has 0 fully saturated rings. The molecular weight excluding hydrogens is 162 g/mol. The van der Waals surface area contributed by atoms with Crippen molar-refractivity contribution in [3.8, 4) is 0 Å². The lowest BCUT2D eigenvalue weighted by molar-refractivity contribution is -0.120. The number of benzene rings is 1. The van der Waals surface area contributed by atoms with Crippen molar-refractivity contribution in [2.45, 2.75) is 19.8 Å². The second-order valence-electron chi connectivity index (χ2n) is 3.55. The fourth-order valence-electron chi connectivity index (χ4n) is 1.73. The van der Waals surface area contributed by atoms with Gasteiger partial charge in [0.05, 0.1) is 6.42 Å². The topological polar surface area (TPSA) is 29.1 Å². The van der Waals surface area contributed by atoms with Crippen molar-refractivity contribution in [1.82, 2.24) is 5.32 Å². The maximum Gasteiger partial charge on any atom is 0.224 e. The van der Waals surface area contributed by atoms with Gasteiger partial charge < -0.3 is 5.32 Å². The number of amides is 1. The first kappa shape index (κ1) is 8.30. The van der Waals surface area contributed by atoms with E-state index in [1.807, 2.05) is 0 Å². The zero-order chi connectivity index (χ0) is 9.26. The van der Waals surface area contributed by atoms with Crippen LogP contribution in [0.5, 0.6) is 0 Å². The van der Waals surface area contributed by atoms with Crippen LogP contribution in [-0.4, -0.2) is 12.5 Å². The third-order valence-corrected chi connectivity index (χ3v) is 2.43. The number of fused-ring (bicyclic) bond motifs is 1. The number of hydrogen-bond acceptors (Lipinski definition) is 1. The van der Waals surface area contributed by atoms with Crippen molar-refractivity contribution in [2.75, 3.05) is 6.54 Å². The number of carbonyl (C=O) groups is 1. The van der Waals surface area contributed by atoms with E-state index in [9.17, 15) is 4.79 Å². The Bertz CT molecular complexity index is 344. The van der Waals surface area contributed by atoms with Crippen molar-refractivity contribution < 1.29 is 4.79 Å². The Balaban J connectivity index is 2.40. The lowest BCUT2D eigenvalue weighted by atomic mass is 10.0. The average molecular weight is 175 g/mol. The summed E-state index contributed by atoms with van der Waals surface area (Å²) in [5, 5.41) is 2.87. The smallest absolute Gasteiger partial charge is 0.224 e. The lowest BCUT2D eigenvalue weighted by Gasteiger charge is -2.04. The molecule has 0 unspecified atom stereocenters. The van der Waals surface area contributed by atoms with Gasteiger partial charge in [-0.1, -0.05) is 23.8 Å². The molecule has 13 heavy (non-hydrogen) atoms. The molecule has 0 atom stereocenters. The summed E-state index contributed by atoms with van der Waals surface area (Å²) >= 11 is 0. The summed E-state index contributed by atoms with van der Waals surface area (Å²) in [4.78, 5) is 11.2. The highest BCUT2D eigenvalue weighted by molar-refractivity contribution is 5.79. The van der Waals surface area contributed by atoms with E-state index >= 15 is 0 Å². The van der Waals surface area contributed by atoms with Gasteiger partial charge in [-0.25, -0.2) is 0 Å². The van der Waals surface area contributed by atoms with Crippen LogP contribution < -0.4 is 5.32 Å². The summed E-state index contributed by atoms with van der Waals surface area (Å²) in [5.41, 5.74) is 3.77. The van der Waals surface area contributed by atoms with Crippen LogP contribution in [0.4, 0.5) is 0 Å². The van der Waals surface area contributed by atoms with Gasteiger partial charge in [-0.15, -0.1) is 0 Å². The molecule has 1 aromatic carbocycles. The number of rotatable bonds is 0. The van der Waals surface area contributed by atoms with Crippen LogP contribution in [0.3, 0.4) is 0 Å². The molecule has 1 aromatic rings. The average Bonchev–Trinajstić information content (AvgIpc) is 2.25. The number of nitrogens with one attached hydrogen (secondary N) is 1. The van der Waals surface area contributed by atoms with Crippen molar-refractivity contribution >= 4 is 5.91 Å². The molecule has 0 aliphatic carbocycles. The van der Waals surface area contributed by atoms with Crippen LogP contribution in [0.25, 0.3) is 0 Å². The summed E-state index contributed by atoms with van der Waals surface area (Å²) < 4.78 is 0. The maximum absolute atomic E-state index is 11.2. The van der Waals surface area contributed by atoms with Gasteiger partial charge in [0.2, 0.25) is 5.91 Å². The Hall–Kier alpha value is -1.31. The summed E-state index contributed by atoms with van der Waals surface area (Å²) in [6, 6.07) is 6.31. The van der Waals surface area contributed by atoms with Gasteiger partial charge in [-0.3, -0.25) is 4.79 Å². The van der Waals surface area contributed by atoms with Crippen LogP contribution >= 0.6 is 0 Å². The van der Waals surface area contributed by atoms with Gasteiger partial charge in [0.15, 0.2) is 0 Å². The normalized spacial score (nSPS) is 15.9. The third kappa shape index (κ3) is 1.72. The van der Waals surface area contributed by atoms with E-state index < -0.39 is 0 Å². The van der Waals surface area contributed by atoms with Crippen molar-refractivity contribution in [3.63, 3.8) is 0 Å². The highest BCUT2D eigenvalue weighted by Gasteiger charge is 2.11. The molecule has 0 saturated carbocycles. The van der Waals surface area contributed by atoms with E-state index in [1.165, 1.54) is 16.7 Å². The van der Waals surface area contributed by atoms with Crippen LogP contribution in [-0.2, 0) is 17.6 Å². The highest BCUT2D eigenvalue weighted by atomic mass is 16.1. The van der Waals surface area contributed by atoms with Crippen LogP contribution in [0, 0.1) is 6.92 Å². The maximum atomic E-state index is 11.2. The zero-order valence-electron chi connectivity index (χ0n) is 7.76. The first-order chi connectivity index (χ1) is 6.25. The minimum Gasteiger partial charge on any atom is -0.355 e. The Morgan fingerprint density at radius 3 is 3.00 bits per heavy atom. The summed E-state index contributed by atoms with van der Waals surface area (Å²) in [6.07, 6.45) is 1.50. The molecule has 2 rings (SSSR count). The standard InChI is InChI=1S/C11H13NO/c1-8-2-3-9-7-11(13)12-5-4-10(9)6-8/h2-3,6H,4-5,7H2,1H3,(H,12,13). The predicted octanol–water partition coefficient (Wildman–Crippen LogP) is 1.21. The van der Waals surface area contributed by atoms with Crippen LogP contribution in [0.2, 0.25) is 0 Å². The number of aryl methyl sites for hydroxylation is 1. The Morgan fingerprint density at radius 1 is 1.31 bits per heavy atom. The van der Waals surface area contributed by atoms with Gasteiger partial charge in [0.1, 0.15) is 0 Å². The van der Waals surface area contributed by atoms with E-state index in [-0.39, 0.29) is 5.91 Å². The molecule has 1 heterocycles. The molecule has 0 aromatic heterocycles. The Morgan fingerprint density at radius 2 is 2.15 bits per heavy atom. The van der Waals surface area contributed by atoms with Crippen molar-refractivity contribution in [2.24, 2.45) is 0 Å². The van der Waals surface area contributed by atoms with E-state index in [4.69, 9.17) is 0 Å². The summed E-state index contributed by atoms with van der Waals surface area (Å²) in [5.74, 6) is 0.141. The molecule has 1 aliphatic heterocycles. The largest absolute Gasteiger partial charge is 0.355 e. The summed E-state index contributed by atoms with van der Waals surface area (Å²) in [7, 11) is 0. The Labute approximate surface area is 78.0 Å². The monoisotopic (exact) mass is 175 g/mol.